The Morgan fingerprint density at radius 2 is 1.95 bits per heavy atom. The second kappa shape index (κ2) is 6.80. The molecule has 0 bridgehead atoms. The van der Waals surface area contributed by atoms with Crippen molar-refractivity contribution < 1.29 is 23.5 Å². The van der Waals surface area contributed by atoms with Crippen molar-refractivity contribution in [2.75, 3.05) is 12.4 Å². The van der Waals surface area contributed by atoms with Crippen LogP contribution >= 0.6 is 0 Å². The Labute approximate surface area is 128 Å². The summed E-state index contributed by atoms with van der Waals surface area (Å²) in [6, 6.07) is 8.48. The molecule has 2 rings (SSSR count). The van der Waals surface area contributed by atoms with Gasteiger partial charge in [0.05, 0.1) is 19.1 Å². The molecule has 1 aromatic carbocycles. The van der Waals surface area contributed by atoms with E-state index in [1.54, 1.807) is 31.2 Å². The maximum absolute atomic E-state index is 12.1. The normalized spacial score (nSPS) is 11.6. The van der Waals surface area contributed by atoms with E-state index in [1.165, 1.54) is 26.4 Å². The summed E-state index contributed by atoms with van der Waals surface area (Å²) in [7, 11) is 1.51. The van der Waals surface area contributed by atoms with Gasteiger partial charge in [-0.05, 0) is 32.0 Å². The molecule has 0 aliphatic rings. The molecule has 1 aromatic heterocycles. The van der Waals surface area contributed by atoms with Crippen LogP contribution in [0.5, 0.6) is 5.75 Å². The number of hydrogen-bond donors (Lipinski definition) is 1. The van der Waals surface area contributed by atoms with Crippen LogP contribution in [0, 0.1) is 6.92 Å². The Bertz CT molecular complexity index is 677. The molecule has 0 radical (unpaired) electrons. The molecule has 1 N–H and O–H groups in total. The molecular formula is C16H17NO5. The summed E-state index contributed by atoms with van der Waals surface area (Å²) in [6.45, 7) is 3.15. The lowest BCUT2D eigenvalue weighted by atomic mass is 10.2. The van der Waals surface area contributed by atoms with Gasteiger partial charge < -0.3 is 19.2 Å². The van der Waals surface area contributed by atoms with Crippen molar-refractivity contribution in [1.82, 2.24) is 0 Å². The van der Waals surface area contributed by atoms with Gasteiger partial charge in [-0.1, -0.05) is 12.1 Å². The van der Waals surface area contributed by atoms with Crippen LogP contribution in [0.1, 0.15) is 23.0 Å². The maximum atomic E-state index is 12.1. The first-order valence-electron chi connectivity index (χ1n) is 6.72. The zero-order chi connectivity index (χ0) is 16.1. The van der Waals surface area contributed by atoms with Gasteiger partial charge >= 0.3 is 5.97 Å². The van der Waals surface area contributed by atoms with Gasteiger partial charge in [-0.15, -0.1) is 0 Å². The molecule has 0 spiro atoms. The van der Waals surface area contributed by atoms with Crippen molar-refractivity contribution >= 4 is 17.6 Å². The van der Waals surface area contributed by atoms with Crippen LogP contribution in [-0.2, 0) is 9.53 Å². The highest BCUT2D eigenvalue weighted by molar-refractivity contribution is 5.98. The molecule has 1 amide bonds. The highest BCUT2D eigenvalue weighted by Gasteiger charge is 2.21. The third kappa shape index (κ3) is 3.46. The van der Waals surface area contributed by atoms with E-state index in [1.807, 2.05) is 0 Å². The zero-order valence-corrected chi connectivity index (χ0v) is 12.6. The van der Waals surface area contributed by atoms with Gasteiger partial charge in [0.15, 0.2) is 6.10 Å². The van der Waals surface area contributed by atoms with Crippen molar-refractivity contribution in [2.24, 2.45) is 0 Å². The summed E-state index contributed by atoms with van der Waals surface area (Å²) < 4.78 is 15.3. The monoisotopic (exact) mass is 303 g/mol. The van der Waals surface area contributed by atoms with E-state index < -0.39 is 18.0 Å². The molecule has 0 aliphatic carbocycles. The molecule has 6 heteroatoms. The van der Waals surface area contributed by atoms with Crippen molar-refractivity contribution in [3.8, 4) is 5.75 Å². The van der Waals surface area contributed by atoms with Crippen molar-refractivity contribution in [2.45, 2.75) is 20.0 Å². The molecule has 0 saturated heterocycles. The molecule has 0 aliphatic heterocycles. The number of rotatable bonds is 5. The van der Waals surface area contributed by atoms with E-state index >= 15 is 0 Å². The lowest BCUT2D eigenvalue weighted by Crippen LogP contribution is -2.30. The van der Waals surface area contributed by atoms with Crippen LogP contribution < -0.4 is 10.1 Å². The minimum Gasteiger partial charge on any atom is -0.495 e. The number of benzene rings is 1. The standard InChI is InChI=1S/C16H17NO5/c1-10-12(8-9-21-10)16(19)22-11(2)15(18)17-13-6-4-5-7-14(13)20-3/h4-9,11H,1-3H3,(H,17,18)/t11-/m1/s1. The minimum atomic E-state index is -0.952. The topological polar surface area (TPSA) is 77.8 Å². The summed E-state index contributed by atoms with van der Waals surface area (Å²) >= 11 is 0. The van der Waals surface area contributed by atoms with Gasteiger partial charge in [0, 0.05) is 0 Å². The minimum absolute atomic E-state index is 0.303. The van der Waals surface area contributed by atoms with Crippen LogP contribution in [0.25, 0.3) is 0 Å². The van der Waals surface area contributed by atoms with Crippen molar-refractivity contribution in [3.63, 3.8) is 0 Å². The number of methoxy groups -OCH3 is 1. The number of furan rings is 1. The van der Waals surface area contributed by atoms with E-state index in [2.05, 4.69) is 5.32 Å². The Kier molecular flexibility index (Phi) is 4.83. The van der Waals surface area contributed by atoms with Gasteiger partial charge in [-0.3, -0.25) is 4.79 Å². The third-order valence-corrected chi connectivity index (χ3v) is 3.10. The molecule has 0 saturated carbocycles. The average Bonchev–Trinajstić information content (AvgIpc) is 2.93. The molecule has 1 heterocycles. The Balaban J connectivity index is 2.01. The first kappa shape index (κ1) is 15.6. The first-order chi connectivity index (χ1) is 10.5. The van der Waals surface area contributed by atoms with Gasteiger partial charge in [-0.2, -0.15) is 0 Å². The number of amides is 1. The zero-order valence-electron chi connectivity index (χ0n) is 12.6. The highest BCUT2D eigenvalue weighted by atomic mass is 16.5. The van der Waals surface area contributed by atoms with Crippen LogP contribution in [0.4, 0.5) is 5.69 Å². The molecule has 22 heavy (non-hydrogen) atoms. The number of carbonyl (C=O) groups is 2. The lowest BCUT2D eigenvalue weighted by molar-refractivity contribution is -0.123. The number of carbonyl (C=O) groups excluding carboxylic acids is 2. The van der Waals surface area contributed by atoms with Gasteiger partial charge in [0.25, 0.3) is 5.91 Å². The number of para-hydroxylation sites is 2. The molecule has 1 atom stereocenters. The van der Waals surface area contributed by atoms with Crippen molar-refractivity contribution in [3.05, 3.63) is 47.9 Å². The summed E-state index contributed by atoms with van der Waals surface area (Å²) in [5.41, 5.74) is 0.814. The summed E-state index contributed by atoms with van der Waals surface area (Å²) in [5, 5.41) is 2.66. The fourth-order valence-corrected chi connectivity index (χ4v) is 1.86. The number of esters is 1. The lowest BCUT2D eigenvalue weighted by Gasteiger charge is -2.14. The van der Waals surface area contributed by atoms with E-state index in [4.69, 9.17) is 13.9 Å². The van der Waals surface area contributed by atoms with E-state index in [0.29, 0.717) is 22.8 Å². The van der Waals surface area contributed by atoms with E-state index in [9.17, 15) is 9.59 Å². The molecular weight excluding hydrogens is 286 g/mol. The number of anilines is 1. The highest BCUT2D eigenvalue weighted by Crippen LogP contribution is 2.23. The fourth-order valence-electron chi connectivity index (χ4n) is 1.86. The fraction of sp³-hybridized carbons (Fsp3) is 0.250. The number of aryl methyl sites for hydroxylation is 1. The van der Waals surface area contributed by atoms with E-state index in [-0.39, 0.29) is 0 Å². The first-order valence-corrected chi connectivity index (χ1v) is 6.72. The molecule has 0 unspecified atom stereocenters. The number of ether oxygens (including phenoxy) is 2. The predicted molar refractivity (Wildman–Crippen MR) is 79.9 cm³/mol. The third-order valence-electron chi connectivity index (χ3n) is 3.10. The van der Waals surface area contributed by atoms with Crippen LogP contribution in [0.2, 0.25) is 0 Å². The van der Waals surface area contributed by atoms with Crippen LogP contribution in [0.3, 0.4) is 0 Å². The largest absolute Gasteiger partial charge is 0.495 e. The van der Waals surface area contributed by atoms with Crippen molar-refractivity contribution in [1.29, 1.82) is 0 Å². The Hall–Kier alpha value is -2.76. The predicted octanol–water partition coefficient (Wildman–Crippen LogP) is 2.78. The summed E-state index contributed by atoms with van der Waals surface area (Å²) in [4.78, 5) is 24.0. The van der Waals surface area contributed by atoms with Crippen LogP contribution in [-0.4, -0.2) is 25.1 Å². The molecule has 6 nitrogen and oxygen atoms in total. The van der Waals surface area contributed by atoms with Gasteiger partial charge in [-0.25, -0.2) is 4.79 Å². The number of nitrogens with one attached hydrogen (secondary N) is 1. The summed E-state index contributed by atoms with van der Waals surface area (Å²) in [6.07, 6.45) is 0.442. The van der Waals surface area contributed by atoms with Crippen LogP contribution in [0.15, 0.2) is 41.0 Å². The van der Waals surface area contributed by atoms with Gasteiger partial charge in [0.2, 0.25) is 0 Å². The quantitative estimate of drug-likeness (QED) is 0.859. The number of hydrogen-bond acceptors (Lipinski definition) is 5. The van der Waals surface area contributed by atoms with Gasteiger partial charge in [0.1, 0.15) is 17.1 Å². The molecule has 0 fully saturated rings. The average molecular weight is 303 g/mol. The second-order valence-electron chi connectivity index (χ2n) is 4.63. The SMILES string of the molecule is COc1ccccc1NC(=O)[C@@H](C)OC(=O)c1ccoc1C. The second-order valence-corrected chi connectivity index (χ2v) is 4.63. The summed E-state index contributed by atoms with van der Waals surface area (Å²) in [5.74, 6) is -0.0738. The Morgan fingerprint density at radius 3 is 2.59 bits per heavy atom. The smallest absolute Gasteiger partial charge is 0.342 e. The Morgan fingerprint density at radius 1 is 1.23 bits per heavy atom. The molecule has 116 valence electrons. The van der Waals surface area contributed by atoms with E-state index in [0.717, 1.165) is 0 Å². The maximum Gasteiger partial charge on any atom is 0.342 e. The molecule has 2 aromatic rings.